The lowest BCUT2D eigenvalue weighted by atomic mass is 10.2. The summed E-state index contributed by atoms with van der Waals surface area (Å²) in [6.07, 6.45) is 2.70. The summed E-state index contributed by atoms with van der Waals surface area (Å²) in [7, 11) is 0. The van der Waals surface area contributed by atoms with Gasteiger partial charge in [-0.25, -0.2) is 18.4 Å². The quantitative estimate of drug-likeness (QED) is 0.907. The Hall–Kier alpha value is -1.34. The van der Waals surface area contributed by atoms with Crippen LogP contribution in [0.1, 0.15) is 30.5 Å². The van der Waals surface area contributed by atoms with Gasteiger partial charge in [-0.2, -0.15) is 5.10 Å². The molecule has 1 N–H and O–H groups in total. The molecule has 0 spiro atoms. The van der Waals surface area contributed by atoms with Crippen molar-refractivity contribution in [2.75, 3.05) is 0 Å². The fourth-order valence-corrected chi connectivity index (χ4v) is 2.21. The van der Waals surface area contributed by atoms with E-state index in [4.69, 9.17) is 0 Å². The third-order valence-electron chi connectivity index (χ3n) is 3.18. The Morgan fingerprint density at radius 3 is 2.75 bits per heavy atom. The van der Waals surface area contributed by atoms with Gasteiger partial charge in [0.05, 0.1) is 6.20 Å². The maximum absolute atomic E-state index is 13.3. The fourth-order valence-electron chi connectivity index (χ4n) is 1.98. The minimum atomic E-state index is -2.58. The van der Waals surface area contributed by atoms with Gasteiger partial charge in [0.25, 0.3) is 6.43 Å². The number of aromatic nitrogens is 3. The first-order chi connectivity index (χ1) is 9.65. The molecule has 3 rings (SSSR count). The average molecular weight is 343 g/mol. The van der Waals surface area contributed by atoms with Gasteiger partial charge in [-0.1, -0.05) is 0 Å². The standard InChI is InChI=1S/C13H13BrF2N4/c14-9-1-4-11(18-7-9)20-12(13(15)16)8(6-19-20)5-17-10-2-3-10/h1,4,6-7,10,13,17H,2-3,5H2. The summed E-state index contributed by atoms with van der Waals surface area (Å²) in [6.45, 7) is 0.418. The van der Waals surface area contributed by atoms with E-state index in [0.717, 1.165) is 17.3 Å². The van der Waals surface area contributed by atoms with Gasteiger partial charge in [-0.3, -0.25) is 0 Å². The van der Waals surface area contributed by atoms with E-state index in [2.05, 4.69) is 31.3 Å². The molecular formula is C13H13BrF2N4. The lowest BCUT2D eigenvalue weighted by molar-refractivity contribution is 0.141. The van der Waals surface area contributed by atoms with Crippen LogP contribution >= 0.6 is 15.9 Å². The zero-order valence-electron chi connectivity index (χ0n) is 10.6. The van der Waals surface area contributed by atoms with Crippen LogP contribution in [0.25, 0.3) is 5.82 Å². The van der Waals surface area contributed by atoms with Crippen molar-refractivity contribution in [1.29, 1.82) is 0 Å². The van der Waals surface area contributed by atoms with Crippen molar-refractivity contribution >= 4 is 15.9 Å². The molecule has 0 unspecified atom stereocenters. The highest BCUT2D eigenvalue weighted by Crippen LogP contribution is 2.26. The molecule has 2 aromatic rings. The molecule has 7 heteroatoms. The van der Waals surface area contributed by atoms with Gasteiger partial charge < -0.3 is 5.32 Å². The lowest BCUT2D eigenvalue weighted by Crippen LogP contribution is -2.16. The molecule has 1 saturated carbocycles. The summed E-state index contributed by atoms with van der Waals surface area (Å²) in [4.78, 5) is 4.11. The van der Waals surface area contributed by atoms with Gasteiger partial charge in [-0.05, 0) is 40.9 Å². The van der Waals surface area contributed by atoms with Gasteiger partial charge in [0, 0.05) is 28.8 Å². The van der Waals surface area contributed by atoms with E-state index in [1.165, 1.54) is 10.9 Å². The summed E-state index contributed by atoms with van der Waals surface area (Å²) in [5, 5.41) is 7.28. The minimum Gasteiger partial charge on any atom is -0.310 e. The Labute approximate surface area is 123 Å². The van der Waals surface area contributed by atoms with Crippen molar-refractivity contribution < 1.29 is 8.78 Å². The van der Waals surface area contributed by atoms with Crippen LogP contribution in [-0.2, 0) is 6.54 Å². The van der Waals surface area contributed by atoms with E-state index in [9.17, 15) is 8.78 Å². The fraction of sp³-hybridized carbons (Fsp3) is 0.385. The number of halogens is 3. The Balaban J connectivity index is 1.91. The molecule has 0 saturated heterocycles. The van der Waals surface area contributed by atoms with E-state index in [-0.39, 0.29) is 5.69 Å². The molecule has 2 heterocycles. The zero-order chi connectivity index (χ0) is 14.1. The molecule has 0 aliphatic heterocycles. The van der Waals surface area contributed by atoms with E-state index in [0.29, 0.717) is 24.0 Å². The molecule has 2 aromatic heterocycles. The molecule has 1 fully saturated rings. The number of hydrogen-bond donors (Lipinski definition) is 1. The van der Waals surface area contributed by atoms with Gasteiger partial charge in [0.1, 0.15) is 5.69 Å². The van der Waals surface area contributed by atoms with Crippen LogP contribution in [-0.4, -0.2) is 20.8 Å². The second kappa shape index (κ2) is 5.57. The van der Waals surface area contributed by atoms with Gasteiger partial charge in [-0.15, -0.1) is 0 Å². The summed E-state index contributed by atoms with van der Waals surface area (Å²) >= 11 is 3.27. The maximum atomic E-state index is 13.3. The van der Waals surface area contributed by atoms with Gasteiger partial charge in [0.15, 0.2) is 5.82 Å². The molecular weight excluding hydrogens is 330 g/mol. The van der Waals surface area contributed by atoms with E-state index < -0.39 is 6.43 Å². The first-order valence-electron chi connectivity index (χ1n) is 6.35. The summed E-state index contributed by atoms with van der Waals surface area (Å²) in [6, 6.07) is 3.87. The average Bonchev–Trinajstić information content (AvgIpc) is 3.15. The highest BCUT2D eigenvalue weighted by molar-refractivity contribution is 9.10. The van der Waals surface area contributed by atoms with Crippen LogP contribution in [0.5, 0.6) is 0 Å². The molecule has 20 heavy (non-hydrogen) atoms. The summed E-state index contributed by atoms with van der Waals surface area (Å²) in [5.41, 5.74) is 0.435. The van der Waals surface area contributed by atoms with Crippen LogP contribution < -0.4 is 5.32 Å². The lowest BCUT2D eigenvalue weighted by Gasteiger charge is -2.08. The molecule has 1 aliphatic rings. The van der Waals surface area contributed by atoms with Crippen molar-refractivity contribution in [3.63, 3.8) is 0 Å². The Bertz CT molecular complexity index is 593. The number of hydrogen-bond acceptors (Lipinski definition) is 3. The molecule has 0 radical (unpaired) electrons. The van der Waals surface area contributed by atoms with Gasteiger partial charge in [0.2, 0.25) is 0 Å². The van der Waals surface area contributed by atoms with Crippen LogP contribution in [0.15, 0.2) is 29.0 Å². The Kier molecular flexibility index (Phi) is 3.80. The van der Waals surface area contributed by atoms with Crippen LogP contribution in [0.2, 0.25) is 0 Å². The smallest absolute Gasteiger partial charge is 0.280 e. The Morgan fingerprint density at radius 1 is 1.35 bits per heavy atom. The predicted octanol–water partition coefficient (Wildman–Crippen LogP) is 3.22. The molecule has 106 valence electrons. The van der Waals surface area contributed by atoms with E-state index in [1.807, 2.05) is 0 Å². The third-order valence-corrected chi connectivity index (χ3v) is 3.65. The number of nitrogens with zero attached hydrogens (tertiary/aromatic N) is 3. The van der Waals surface area contributed by atoms with E-state index in [1.54, 1.807) is 18.3 Å². The Morgan fingerprint density at radius 2 is 2.15 bits per heavy atom. The van der Waals surface area contributed by atoms with Gasteiger partial charge >= 0.3 is 0 Å². The molecule has 4 nitrogen and oxygen atoms in total. The van der Waals surface area contributed by atoms with Crippen molar-refractivity contribution in [1.82, 2.24) is 20.1 Å². The largest absolute Gasteiger partial charge is 0.310 e. The third kappa shape index (κ3) is 2.88. The van der Waals surface area contributed by atoms with Crippen LogP contribution in [0.4, 0.5) is 8.78 Å². The van der Waals surface area contributed by atoms with Crippen molar-refractivity contribution in [3.8, 4) is 5.82 Å². The molecule has 1 aliphatic carbocycles. The van der Waals surface area contributed by atoms with Crippen LogP contribution in [0.3, 0.4) is 0 Å². The number of alkyl halides is 2. The molecule has 0 bridgehead atoms. The number of rotatable bonds is 5. The second-order valence-corrected chi connectivity index (χ2v) is 5.67. The topological polar surface area (TPSA) is 42.7 Å². The monoisotopic (exact) mass is 342 g/mol. The van der Waals surface area contributed by atoms with Crippen molar-refractivity contribution in [2.24, 2.45) is 0 Å². The minimum absolute atomic E-state index is 0.0898. The summed E-state index contributed by atoms with van der Waals surface area (Å²) < 4.78 is 28.6. The number of pyridine rings is 1. The first kappa shape index (κ1) is 13.6. The SMILES string of the molecule is FC(F)c1c(CNC2CC2)cnn1-c1ccc(Br)cn1. The van der Waals surface area contributed by atoms with E-state index >= 15 is 0 Å². The highest BCUT2D eigenvalue weighted by atomic mass is 79.9. The zero-order valence-corrected chi connectivity index (χ0v) is 12.1. The predicted molar refractivity (Wildman–Crippen MR) is 73.9 cm³/mol. The normalized spacial score (nSPS) is 15.0. The van der Waals surface area contributed by atoms with Crippen molar-refractivity contribution in [2.45, 2.75) is 31.9 Å². The maximum Gasteiger partial charge on any atom is 0.280 e. The van der Waals surface area contributed by atoms with Crippen molar-refractivity contribution in [3.05, 3.63) is 40.3 Å². The summed E-state index contributed by atoms with van der Waals surface area (Å²) in [5.74, 6) is 0.390. The highest BCUT2D eigenvalue weighted by Gasteiger charge is 2.24. The number of nitrogens with one attached hydrogen (secondary N) is 1. The first-order valence-corrected chi connectivity index (χ1v) is 7.14. The molecule has 0 amide bonds. The second-order valence-electron chi connectivity index (χ2n) is 4.76. The molecule has 0 atom stereocenters. The van der Waals surface area contributed by atoms with Crippen LogP contribution in [0, 0.1) is 0 Å². The molecule has 0 aromatic carbocycles.